The lowest BCUT2D eigenvalue weighted by molar-refractivity contribution is -0.120. The minimum atomic E-state index is -0.420. The third-order valence-corrected chi connectivity index (χ3v) is 4.50. The fourth-order valence-electron chi connectivity index (χ4n) is 2.66. The number of hydrogen-bond acceptors (Lipinski definition) is 6. The zero-order valence-electron chi connectivity index (χ0n) is 17.1. The molecule has 30 heavy (non-hydrogen) atoms. The van der Waals surface area contributed by atoms with Crippen molar-refractivity contribution in [2.75, 3.05) is 11.9 Å². The molecular weight excluding hydrogens is 384 g/mol. The summed E-state index contributed by atoms with van der Waals surface area (Å²) in [6.45, 7) is 6.04. The second-order valence-electron chi connectivity index (χ2n) is 6.84. The lowest BCUT2D eigenvalue weighted by atomic mass is 10.2. The molecule has 0 radical (unpaired) electrons. The van der Waals surface area contributed by atoms with E-state index in [1.807, 2.05) is 45.0 Å². The second-order valence-corrected chi connectivity index (χ2v) is 6.84. The molecule has 1 aromatic heterocycles. The van der Waals surface area contributed by atoms with Crippen molar-refractivity contribution < 1.29 is 18.8 Å². The van der Waals surface area contributed by atoms with Crippen molar-refractivity contribution in [3.05, 3.63) is 76.7 Å². The molecule has 0 unspecified atom stereocenters. The number of rotatable bonds is 7. The summed E-state index contributed by atoms with van der Waals surface area (Å²) < 4.78 is 10.8. The number of ether oxygens (including phenoxy) is 1. The Labute approximate surface area is 174 Å². The number of nitrogens with one attached hydrogen (secondary N) is 3. The van der Waals surface area contributed by atoms with E-state index in [0.717, 1.165) is 28.3 Å². The number of hydrazine groups is 1. The van der Waals surface area contributed by atoms with Crippen LogP contribution in [0, 0.1) is 20.8 Å². The summed E-state index contributed by atoms with van der Waals surface area (Å²) in [5.41, 5.74) is 8.83. The maximum absolute atomic E-state index is 12.2. The number of aryl methyl sites for hydroxylation is 3. The summed E-state index contributed by atoms with van der Waals surface area (Å²) in [4.78, 5) is 24.1. The molecular formula is C22H24N4O4. The Morgan fingerprint density at radius 1 is 0.967 bits per heavy atom. The van der Waals surface area contributed by atoms with E-state index in [9.17, 15) is 9.59 Å². The van der Waals surface area contributed by atoms with E-state index in [1.54, 1.807) is 24.3 Å². The summed E-state index contributed by atoms with van der Waals surface area (Å²) in [5, 5.41) is 6.87. The number of nitrogens with zero attached hydrogens (tertiary/aromatic N) is 1. The Bertz CT molecular complexity index is 991. The van der Waals surface area contributed by atoms with Crippen LogP contribution in [0.4, 0.5) is 5.69 Å². The second kappa shape index (κ2) is 9.60. The van der Waals surface area contributed by atoms with Crippen LogP contribution in [0.1, 0.15) is 32.9 Å². The smallest absolute Gasteiger partial charge is 0.269 e. The van der Waals surface area contributed by atoms with Gasteiger partial charge in [0.25, 0.3) is 11.8 Å². The van der Waals surface area contributed by atoms with E-state index >= 15 is 0 Å². The van der Waals surface area contributed by atoms with Gasteiger partial charge in [-0.05, 0) is 57.2 Å². The van der Waals surface area contributed by atoms with Gasteiger partial charge in [-0.1, -0.05) is 22.9 Å². The summed E-state index contributed by atoms with van der Waals surface area (Å²) in [5.74, 6) is 0.549. The van der Waals surface area contributed by atoms with Crippen LogP contribution in [0.25, 0.3) is 0 Å². The molecule has 3 aromatic rings. The van der Waals surface area contributed by atoms with Crippen molar-refractivity contribution in [1.29, 1.82) is 0 Å². The molecule has 2 aromatic carbocycles. The lowest BCUT2D eigenvalue weighted by Gasteiger charge is -2.10. The van der Waals surface area contributed by atoms with Gasteiger partial charge in [-0.25, -0.2) is 0 Å². The van der Waals surface area contributed by atoms with Gasteiger partial charge in [-0.15, -0.1) is 0 Å². The van der Waals surface area contributed by atoms with Crippen LogP contribution in [0.2, 0.25) is 0 Å². The largest absolute Gasteiger partial charge is 0.489 e. The van der Waals surface area contributed by atoms with Gasteiger partial charge in [-0.2, -0.15) is 0 Å². The first-order chi connectivity index (χ1) is 14.4. The average Bonchev–Trinajstić information content (AvgIpc) is 3.07. The number of carbonyl (C=O) groups excluding carboxylic acids is 2. The fraction of sp³-hybridized carbons (Fsp3) is 0.227. The molecule has 8 nitrogen and oxygen atoms in total. The molecule has 0 aliphatic heterocycles. The first kappa shape index (κ1) is 20.9. The number of amides is 2. The van der Waals surface area contributed by atoms with Gasteiger partial charge in [0.2, 0.25) is 0 Å². The minimum absolute atomic E-state index is 0.0395. The maximum Gasteiger partial charge on any atom is 0.269 e. The van der Waals surface area contributed by atoms with Crippen molar-refractivity contribution in [3.63, 3.8) is 0 Å². The monoisotopic (exact) mass is 408 g/mol. The topological polar surface area (TPSA) is 105 Å². The third kappa shape index (κ3) is 5.60. The fourth-order valence-corrected chi connectivity index (χ4v) is 2.66. The average molecular weight is 408 g/mol. The van der Waals surface area contributed by atoms with Gasteiger partial charge in [-0.3, -0.25) is 20.4 Å². The van der Waals surface area contributed by atoms with Gasteiger partial charge in [0.15, 0.2) is 0 Å². The molecule has 0 aliphatic carbocycles. The summed E-state index contributed by atoms with van der Waals surface area (Å²) in [6.07, 6.45) is 0. The Morgan fingerprint density at radius 2 is 1.67 bits per heavy atom. The highest BCUT2D eigenvalue weighted by Gasteiger charge is 2.11. The number of carbonyl (C=O) groups is 2. The maximum atomic E-state index is 12.2. The van der Waals surface area contributed by atoms with Crippen LogP contribution in [0.15, 0.2) is 53.1 Å². The van der Waals surface area contributed by atoms with Crippen LogP contribution in [0.3, 0.4) is 0 Å². The molecule has 0 spiro atoms. The lowest BCUT2D eigenvalue weighted by Crippen LogP contribution is -2.44. The Balaban J connectivity index is 1.43. The first-order valence-electron chi connectivity index (χ1n) is 9.46. The van der Waals surface area contributed by atoms with Gasteiger partial charge in [0.1, 0.15) is 18.1 Å². The van der Waals surface area contributed by atoms with Crippen molar-refractivity contribution in [2.45, 2.75) is 27.4 Å². The highest BCUT2D eigenvalue weighted by molar-refractivity contribution is 5.95. The van der Waals surface area contributed by atoms with Crippen LogP contribution >= 0.6 is 0 Å². The normalized spacial score (nSPS) is 10.4. The van der Waals surface area contributed by atoms with Gasteiger partial charge in [0.05, 0.1) is 17.8 Å². The molecule has 1 heterocycles. The molecule has 3 N–H and O–H groups in total. The predicted octanol–water partition coefficient (Wildman–Crippen LogP) is 3.05. The predicted molar refractivity (Wildman–Crippen MR) is 112 cm³/mol. The molecule has 2 amide bonds. The molecule has 0 atom stereocenters. The van der Waals surface area contributed by atoms with E-state index in [4.69, 9.17) is 9.26 Å². The van der Waals surface area contributed by atoms with E-state index in [-0.39, 0.29) is 12.5 Å². The van der Waals surface area contributed by atoms with Crippen LogP contribution in [-0.4, -0.2) is 23.5 Å². The molecule has 3 rings (SSSR count). The molecule has 0 fully saturated rings. The SMILES string of the molecule is Cc1ccc(NCC(=O)NNC(=O)c2ccc(OCc3c(C)noc3C)cc2)cc1. The minimum Gasteiger partial charge on any atom is -0.489 e. The van der Waals surface area contributed by atoms with Gasteiger partial charge >= 0.3 is 0 Å². The van der Waals surface area contributed by atoms with E-state index in [1.165, 1.54) is 0 Å². The molecule has 0 bridgehead atoms. The van der Waals surface area contributed by atoms with Crippen molar-refractivity contribution in [2.24, 2.45) is 0 Å². The first-order valence-corrected chi connectivity index (χ1v) is 9.46. The molecule has 156 valence electrons. The van der Waals surface area contributed by atoms with Crippen molar-refractivity contribution in [3.8, 4) is 5.75 Å². The summed E-state index contributed by atoms with van der Waals surface area (Å²) in [7, 11) is 0. The van der Waals surface area contributed by atoms with Crippen molar-refractivity contribution >= 4 is 17.5 Å². The van der Waals surface area contributed by atoms with E-state index < -0.39 is 5.91 Å². The standard InChI is InChI=1S/C22H24N4O4/c1-14-4-8-18(9-5-14)23-12-21(27)24-25-22(28)17-6-10-19(11-7-17)29-13-20-15(2)26-30-16(20)3/h4-11,23H,12-13H2,1-3H3,(H,24,27)(H,25,28). The van der Waals surface area contributed by atoms with Gasteiger partial charge < -0.3 is 14.6 Å². The number of anilines is 1. The Hall–Kier alpha value is -3.81. The quantitative estimate of drug-likeness (QED) is 0.519. The number of aromatic nitrogens is 1. The zero-order valence-corrected chi connectivity index (χ0v) is 17.1. The highest BCUT2D eigenvalue weighted by atomic mass is 16.5. The number of benzene rings is 2. The number of hydrogen-bond donors (Lipinski definition) is 3. The Kier molecular flexibility index (Phi) is 6.69. The van der Waals surface area contributed by atoms with Gasteiger partial charge in [0, 0.05) is 11.3 Å². The van der Waals surface area contributed by atoms with Crippen LogP contribution in [-0.2, 0) is 11.4 Å². The van der Waals surface area contributed by atoms with E-state index in [2.05, 4.69) is 21.3 Å². The highest BCUT2D eigenvalue weighted by Crippen LogP contribution is 2.18. The van der Waals surface area contributed by atoms with Crippen LogP contribution < -0.4 is 20.9 Å². The molecule has 0 aliphatic rings. The third-order valence-electron chi connectivity index (χ3n) is 4.50. The summed E-state index contributed by atoms with van der Waals surface area (Å²) >= 11 is 0. The molecule has 8 heteroatoms. The Morgan fingerprint density at radius 3 is 2.30 bits per heavy atom. The zero-order chi connectivity index (χ0) is 21.5. The molecule has 0 saturated heterocycles. The van der Waals surface area contributed by atoms with Crippen LogP contribution in [0.5, 0.6) is 5.75 Å². The van der Waals surface area contributed by atoms with Crippen molar-refractivity contribution in [1.82, 2.24) is 16.0 Å². The molecule has 0 saturated carbocycles. The van der Waals surface area contributed by atoms with E-state index in [0.29, 0.717) is 17.9 Å². The summed E-state index contributed by atoms with van der Waals surface area (Å²) in [6, 6.07) is 14.3.